The van der Waals surface area contributed by atoms with Crippen LogP contribution >= 0.6 is 23.2 Å². The molecular formula is C17H15Cl2NO. The maximum Gasteiger partial charge on any atom is 0.251 e. The molecule has 3 rings (SSSR count). The van der Waals surface area contributed by atoms with Gasteiger partial charge < -0.3 is 5.32 Å². The molecule has 2 aromatic carbocycles. The van der Waals surface area contributed by atoms with Crippen LogP contribution in [0.3, 0.4) is 0 Å². The van der Waals surface area contributed by atoms with Crippen LogP contribution in [0.2, 0.25) is 10.0 Å². The molecule has 0 radical (unpaired) electrons. The first-order valence-electron chi connectivity index (χ1n) is 6.89. The van der Waals surface area contributed by atoms with Gasteiger partial charge in [-0.1, -0.05) is 35.3 Å². The predicted octanol–water partition coefficient (Wildman–Crippen LogP) is 4.46. The fourth-order valence-corrected chi connectivity index (χ4v) is 2.73. The van der Waals surface area contributed by atoms with E-state index >= 15 is 0 Å². The first kappa shape index (κ1) is 14.4. The van der Waals surface area contributed by atoms with Gasteiger partial charge >= 0.3 is 0 Å². The number of benzene rings is 2. The molecule has 1 aliphatic rings. The highest BCUT2D eigenvalue weighted by Gasteiger charge is 2.44. The molecule has 0 aliphatic heterocycles. The molecule has 108 valence electrons. The fourth-order valence-electron chi connectivity index (χ4n) is 2.47. The van der Waals surface area contributed by atoms with Gasteiger partial charge in [0, 0.05) is 27.6 Å². The largest absolute Gasteiger partial charge is 0.351 e. The summed E-state index contributed by atoms with van der Waals surface area (Å²) in [4.78, 5) is 12.1. The minimum atomic E-state index is -0.0631. The van der Waals surface area contributed by atoms with Crippen LogP contribution < -0.4 is 5.32 Å². The number of carbonyl (C=O) groups is 1. The molecule has 0 unspecified atom stereocenters. The van der Waals surface area contributed by atoms with E-state index in [1.54, 1.807) is 24.3 Å². The lowest BCUT2D eigenvalue weighted by Crippen LogP contribution is -2.32. The normalized spacial score (nSPS) is 15.5. The van der Waals surface area contributed by atoms with Crippen LogP contribution in [-0.2, 0) is 5.41 Å². The zero-order valence-corrected chi connectivity index (χ0v) is 12.9. The number of rotatable bonds is 4. The summed E-state index contributed by atoms with van der Waals surface area (Å²) in [6, 6.07) is 14.8. The second kappa shape index (κ2) is 5.70. The SMILES string of the molecule is O=C(NCC1(c2ccc(Cl)cc2)CC1)c1ccc(Cl)cc1. The van der Waals surface area contributed by atoms with Crippen LogP contribution in [0, 0.1) is 0 Å². The standard InChI is InChI=1S/C17H15Cl2NO/c18-14-5-1-12(2-6-14)16(21)20-11-17(9-10-17)13-3-7-15(19)8-4-13/h1-8H,9-11H2,(H,20,21). The lowest BCUT2D eigenvalue weighted by molar-refractivity contribution is 0.0949. The van der Waals surface area contributed by atoms with Gasteiger partial charge in [0.05, 0.1) is 0 Å². The van der Waals surface area contributed by atoms with Crippen molar-refractivity contribution in [2.24, 2.45) is 0 Å². The number of hydrogen-bond acceptors (Lipinski definition) is 1. The van der Waals surface area contributed by atoms with Crippen LogP contribution in [0.25, 0.3) is 0 Å². The molecule has 4 heteroatoms. The molecule has 1 fully saturated rings. The second-order valence-corrected chi connectivity index (χ2v) is 6.35. The van der Waals surface area contributed by atoms with Gasteiger partial charge in [0.25, 0.3) is 5.91 Å². The van der Waals surface area contributed by atoms with E-state index < -0.39 is 0 Å². The van der Waals surface area contributed by atoms with Crippen LogP contribution in [0.4, 0.5) is 0 Å². The van der Waals surface area contributed by atoms with Crippen LogP contribution in [0.5, 0.6) is 0 Å². The highest BCUT2D eigenvalue weighted by Crippen LogP contribution is 2.47. The molecule has 0 bridgehead atoms. The van der Waals surface area contributed by atoms with Crippen molar-refractivity contribution in [2.45, 2.75) is 18.3 Å². The van der Waals surface area contributed by atoms with E-state index in [-0.39, 0.29) is 11.3 Å². The molecule has 1 amide bonds. The molecule has 21 heavy (non-hydrogen) atoms. The first-order chi connectivity index (χ1) is 10.1. The molecule has 2 aromatic rings. The van der Waals surface area contributed by atoms with Gasteiger partial charge in [-0.3, -0.25) is 4.79 Å². The Morgan fingerprint density at radius 2 is 1.48 bits per heavy atom. The van der Waals surface area contributed by atoms with Crippen molar-refractivity contribution in [3.05, 3.63) is 69.7 Å². The number of hydrogen-bond donors (Lipinski definition) is 1. The summed E-state index contributed by atoms with van der Waals surface area (Å²) in [6.07, 6.45) is 2.19. The van der Waals surface area contributed by atoms with Crippen molar-refractivity contribution < 1.29 is 4.79 Å². The second-order valence-electron chi connectivity index (χ2n) is 5.48. The highest BCUT2D eigenvalue weighted by molar-refractivity contribution is 6.30. The third-order valence-electron chi connectivity index (χ3n) is 4.00. The summed E-state index contributed by atoms with van der Waals surface area (Å²) in [5, 5.41) is 4.39. The number of nitrogens with one attached hydrogen (secondary N) is 1. The first-order valence-corrected chi connectivity index (χ1v) is 7.64. The molecule has 0 spiro atoms. The Kier molecular flexibility index (Phi) is 3.92. The summed E-state index contributed by atoms with van der Waals surface area (Å²) < 4.78 is 0. The third kappa shape index (κ3) is 3.22. The summed E-state index contributed by atoms with van der Waals surface area (Å²) >= 11 is 11.7. The van der Waals surface area contributed by atoms with E-state index in [2.05, 4.69) is 5.32 Å². The van der Waals surface area contributed by atoms with E-state index in [0.717, 1.165) is 17.9 Å². The topological polar surface area (TPSA) is 29.1 Å². The number of amides is 1. The molecule has 1 saturated carbocycles. The van der Waals surface area contributed by atoms with Crippen LogP contribution in [-0.4, -0.2) is 12.5 Å². The Morgan fingerprint density at radius 1 is 0.952 bits per heavy atom. The van der Waals surface area contributed by atoms with Crippen LogP contribution in [0.15, 0.2) is 48.5 Å². The number of halogens is 2. The Bertz CT molecular complexity index is 645. The maximum absolute atomic E-state index is 12.1. The van der Waals surface area contributed by atoms with Crippen molar-refractivity contribution >= 4 is 29.1 Å². The Hall–Kier alpha value is -1.51. The molecule has 0 saturated heterocycles. The van der Waals surface area contributed by atoms with Gasteiger partial charge in [-0.15, -0.1) is 0 Å². The van der Waals surface area contributed by atoms with Gasteiger partial charge in [0.2, 0.25) is 0 Å². The van der Waals surface area contributed by atoms with E-state index in [9.17, 15) is 4.79 Å². The maximum atomic E-state index is 12.1. The summed E-state index contributed by atoms with van der Waals surface area (Å²) in [7, 11) is 0. The molecule has 2 nitrogen and oxygen atoms in total. The minimum absolute atomic E-state index is 0.0631. The van der Waals surface area contributed by atoms with Gasteiger partial charge in [0.15, 0.2) is 0 Å². The molecule has 1 aliphatic carbocycles. The van der Waals surface area contributed by atoms with Crippen molar-refractivity contribution in [3.63, 3.8) is 0 Å². The predicted molar refractivity (Wildman–Crippen MR) is 86.1 cm³/mol. The molecule has 1 N–H and O–H groups in total. The Balaban J connectivity index is 1.66. The van der Waals surface area contributed by atoms with Crippen molar-refractivity contribution in [1.29, 1.82) is 0 Å². The van der Waals surface area contributed by atoms with Crippen molar-refractivity contribution in [1.82, 2.24) is 5.32 Å². The lowest BCUT2D eigenvalue weighted by Gasteiger charge is -2.16. The molecular weight excluding hydrogens is 305 g/mol. The minimum Gasteiger partial charge on any atom is -0.351 e. The van der Waals surface area contributed by atoms with Gasteiger partial charge in [-0.25, -0.2) is 0 Å². The van der Waals surface area contributed by atoms with Gasteiger partial charge in [-0.05, 0) is 54.8 Å². The fraction of sp³-hybridized carbons (Fsp3) is 0.235. The van der Waals surface area contributed by atoms with E-state index in [0.29, 0.717) is 17.1 Å². The van der Waals surface area contributed by atoms with Gasteiger partial charge in [0.1, 0.15) is 0 Å². The summed E-state index contributed by atoms with van der Waals surface area (Å²) in [5.74, 6) is -0.0631. The Labute approximate surface area is 134 Å². The molecule has 0 aromatic heterocycles. The van der Waals surface area contributed by atoms with E-state index in [1.165, 1.54) is 5.56 Å². The third-order valence-corrected chi connectivity index (χ3v) is 4.51. The Morgan fingerprint density at radius 3 is 2.00 bits per heavy atom. The van der Waals surface area contributed by atoms with E-state index in [1.807, 2.05) is 24.3 Å². The zero-order valence-electron chi connectivity index (χ0n) is 11.4. The summed E-state index contributed by atoms with van der Waals surface area (Å²) in [5.41, 5.74) is 1.95. The summed E-state index contributed by atoms with van der Waals surface area (Å²) in [6.45, 7) is 0.649. The number of carbonyl (C=O) groups excluding carboxylic acids is 1. The monoisotopic (exact) mass is 319 g/mol. The van der Waals surface area contributed by atoms with Crippen molar-refractivity contribution in [2.75, 3.05) is 6.54 Å². The molecule has 0 heterocycles. The zero-order chi connectivity index (χ0) is 14.9. The highest BCUT2D eigenvalue weighted by atomic mass is 35.5. The average molecular weight is 320 g/mol. The average Bonchev–Trinajstić information content (AvgIpc) is 3.27. The van der Waals surface area contributed by atoms with E-state index in [4.69, 9.17) is 23.2 Å². The van der Waals surface area contributed by atoms with Crippen LogP contribution in [0.1, 0.15) is 28.8 Å². The molecule has 0 atom stereocenters. The van der Waals surface area contributed by atoms with Gasteiger partial charge in [-0.2, -0.15) is 0 Å². The quantitative estimate of drug-likeness (QED) is 0.886. The van der Waals surface area contributed by atoms with Crippen molar-refractivity contribution in [3.8, 4) is 0 Å². The lowest BCUT2D eigenvalue weighted by atomic mass is 9.96. The smallest absolute Gasteiger partial charge is 0.251 e.